The van der Waals surface area contributed by atoms with Crippen LogP contribution in [0.4, 0.5) is 0 Å². The van der Waals surface area contributed by atoms with E-state index in [4.69, 9.17) is 18.9 Å². The van der Waals surface area contributed by atoms with Crippen LogP contribution in [0.2, 0.25) is 0 Å². The molecule has 2 unspecified atom stereocenters. The van der Waals surface area contributed by atoms with Gasteiger partial charge in [0.25, 0.3) is 0 Å². The van der Waals surface area contributed by atoms with E-state index in [0.717, 1.165) is 16.7 Å². The van der Waals surface area contributed by atoms with Crippen LogP contribution in [0.25, 0.3) is 6.08 Å². The molecule has 6 heteroatoms. The molecule has 0 saturated heterocycles. The Hall–Kier alpha value is -2.86. The zero-order chi connectivity index (χ0) is 19.6. The highest BCUT2D eigenvalue weighted by atomic mass is 16.5. The first-order chi connectivity index (χ1) is 13.1. The Morgan fingerprint density at radius 3 is 2.15 bits per heavy atom. The predicted octanol–water partition coefficient (Wildman–Crippen LogP) is 3.66. The Kier molecular flexibility index (Phi) is 5.46. The van der Waals surface area contributed by atoms with Gasteiger partial charge in [-0.15, -0.1) is 0 Å². The minimum Gasteiger partial charge on any atom is -0.502 e. The third-order valence-electron chi connectivity index (χ3n) is 4.72. The number of hydrogen-bond donors (Lipinski definition) is 2. The number of hydrogen-bond acceptors (Lipinski definition) is 6. The summed E-state index contributed by atoms with van der Waals surface area (Å²) in [5.41, 5.74) is 2.57. The lowest BCUT2D eigenvalue weighted by Gasteiger charge is -2.20. The molecule has 6 nitrogen and oxygen atoms in total. The second kappa shape index (κ2) is 7.80. The van der Waals surface area contributed by atoms with Gasteiger partial charge in [-0.05, 0) is 36.8 Å². The van der Waals surface area contributed by atoms with Gasteiger partial charge in [-0.25, -0.2) is 0 Å². The molecule has 3 rings (SSSR count). The first-order valence-electron chi connectivity index (χ1n) is 8.64. The maximum absolute atomic E-state index is 10.2. The maximum Gasteiger partial charge on any atom is 0.200 e. The van der Waals surface area contributed by atoms with Crippen molar-refractivity contribution < 1.29 is 29.2 Å². The Morgan fingerprint density at radius 2 is 1.63 bits per heavy atom. The highest BCUT2D eigenvalue weighted by Gasteiger charge is 2.38. The summed E-state index contributed by atoms with van der Waals surface area (Å²) < 4.78 is 22.2. The van der Waals surface area contributed by atoms with Crippen molar-refractivity contribution in [2.45, 2.75) is 18.9 Å². The second-order valence-electron chi connectivity index (χ2n) is 6.24. The number of aromatic hydroxyl groups is 1. The van der Waals surface area contributed by atoms with Gasteiger partial charge in [-0.3, -0.25) is 0 Å². The van der Waals surface area contributed by atoms with Gasteiger partial charge in [-0.1, -0.05) is 12.2 Å². The molecule has 1 heterocycles. The molecule has 0 spiro atoms. The zero-order valence-corrected chi connectivity index (χ0v) is 15.9. The van der Waals surface area contributed by atoms with Crippen molar-refractivity contribution in [3.05, 3.63) is 47.0 Å². The molecule has 0 aromatic heterocycles. The third kappa shape index (κ3) is 3.28. The minimum atomic E-state index is -0.469. The third-order valence-corrected chi connectivity index (χ3v) is 4.72. The number of ether oxygens (including phenoxy) is 4. The summed E-state index contributed by atoms with van der Waals surface area (Å²) in [5.74, 6) is 1.41. The van der Waals surface area contributed by atoms with Gasteiger partial charge in [0.2, 0.25) is 5.75 Å². The van der Waals surface area contributed by atoms with E-state index >= 15 is 0 Å². The number of methoxy groups -OCH3 is 3. The molecule has 0 saturated carbocycles. The largest absolute Gasteiger partial charge is 0.502 e. The highest BCUT2D eigenvalue weighted by molar-refractivity contribution is 5.63. The molecule has 1 aliphatic heterocycles. The van der Waals surface area contributed by atoms with Gasteiger partial charge in [0, 0.05) is 11.1 Å². The summed E-state index contributed by atoms with van der Waals surface area (Å²) in [6.07, 6.45) is 3.44. The van der Waals surface area contributed by atoms with Crippen LogP contribution in [0.5, 0.6) is 28.7 Å². The van der Waals surface area contributed by atoms with Crippen LogP contribution < -0.4 is 18.9 Å². The number of phenolic OH excluding ortho intramolecular Hbond substituents is 1. The Morgan fingerprint density at radius 1 is 1.00 bits per heavy atom. The van der Waals surface area contributed by atoms with Crippen molar-refractivity contribution in [1.82, 2.24) is 0 Å². The molecule has 27 heavy (non-hydrogen) atoms. The first kappa shape index (κ1) is 18.9. The smallest absolute Gasteiger partial charge is 0.200 e. The van der Waals surface area contributed by atoms with Crippen molar-refractivity contribution >= 4 is 6.08 Å². The van der Waals surface area contributed by atoms with Crippen molar-refractivity contribution in [1.29, 1.82) is 0 Å². The number of phenols is 1. The van der Waals surface area contributed by atoms with E-state index in [0.29, 0.717) is 11.5 Å². The quantitative estimate of drug-likeness (QED) is 0.806. The molecule has 1 aliphatic rings. The topological polar surface area (TPSA) is 77.4 Å². The molecule has 2 atom stereocenters. The van der Waals surface area contributed by atoms with Crippen LogP contribution in [-0.2, 0) is 0 Å². The van der Waals surface area contributed by atoms with E-state index in [1.165, 1.54) is 14.2 Å². The van der Waals surface area contributed by atoms with E-state index < -0.39 is 6.10 Å². The van der Waals surface area contributed by atoms with E-state index in [2.05, 4.69) is 0 Å². The summed E-state index contributed by atoms with van der Waals surface area (Å²) >= 11 is 0. The number of fused-ring (bicyclic) bond motifs is 1. The van der Waals surface area contributed by atoms with Crippen LogP contribution in [0, 0.1) is 0 Å². The lowest BCUT2D eigenvalue weighted by Crippen LogP contribution is -2.13. The molecular formula is C21H24O6. The monoisotopic (exact) mass is 372 g/mol. The summed E-state index contributed by atoms with van der Waals surface area (Å²) in [5, 5.41) is 20.2. The average molecular weight is 372 g/mol. The fourth-order valence-corrected chi connectivity index (χ4v) is 3.43. The van der Waals surface area contributed by atoms with Crippen molar-refractivity contribution in [2.24, 2.45) is 0 Å². The van der Waals surface area contributed by atoms with Gasteiger partial charge in [0.05, 0.1) is 33.9 Å². The Bertz CT molecular complexity index is 833. The van der Waals surface area contributed by atoms with Crippen molar-refractivity contribution in [3.63, 3.8) is 0 Å². The van der Waals surface area contributed by atoms with Crippen LogP contribution in [-0.4, -0.2) is 38.1 Å². The molecule has 0 fully saturated rings. The van der Waals surface area contributed by atoms with E-state index in [-0.39, 0.29) is 29.8 Å². The molecule has 2 aromatic rings. The first-order valence-corrected chi connectivity index (χ1v) is 8.64. The van der Waals surface area contributed by atoms with Gasteiger partial charge in [-0.2, -0.15) is 0 Å². The van der Waals surface area contributed by atoms with Crippen molar-refractivity contribution in [3.8, 4) is 28.7 Å². The predicted molar refractivity (Wildman–Crippen MR) is 102 cm³/mol. The molecular weight excluding hydrogens is 348 g/mol. The SMILES string of the molecule is CC=Cc1cc(OC)c2c(c1)C(CO)C(c1cc(OC)c(O)c(OC)c1)O2. The standard InChI is InChI=1S/C21H24O6/c1-5-6-12-7-14-15(11-22)20(27-21(14)18(8-12)26-4)13-9-16(24-2)19(23)17(10-13)25-3/h5-10,15,20,22-23H,11H2,1-4H3. The average Bonchev–Trinajstić information content (AvgIpc) is 3.06. The number of allylic oxidation sites excluding steroid dienone is 1. The minimum absolute atomic E-state index is 0.0761. The molecule has 144 valence electrons. The lowest BCUT2D eigenvalue weighted by atomic mass is 9.90. The molecule has 0 aliphatic carbocycles. The molecule has 2 N–H and O–H groups in total. The van der Waals surface area contributed by atoms with Gasteiger partial charge in [0.1, 0.15) is 6.10 Å². The number of aliphatic hydroxyl groups is 1. The summed E-state index contributed by atoms with van der Waals surface area (Å²) in [6.45, 7) is 1.84. The molecule has 0 bridgehead atoms. The van der Waals surface area contributed by atoms with E-state index in [1.54, 1.807) is 19.2 Å². The van der Waals surface area contributed by atoms with Gasteiger partial charge >= 0.3 is 0 Å². The number of aliphatic hydroxyl groups excluding tert-OH is 1. The van der Waals surface area contributed by atoms with Crippen LogP contribution >= 0.6 is 0 Å². The fraction of sp³-hybridized carbons (Fsp3) is 0.333. The molecule has 0 amide bonds. The summed E-state index contributed by atoms with van der Waals surface area (Å²) in [7, 11) is 4.53. The lowest BCUT2D eigenvalue weighted by molar-refractivity contribution is 0.156. The van der Waals surface area contributed by atoms with Crippen LogP contribution in [0.1, 0.15) is 35.6 Å². The number of rotatable bonds is 6. The van der Waals surface area contributed by atoms with Gasteiger partial charge in [0.15, 0.2) is 23.0 Å². The second-order valence-corrected chi connectivity index (χ2v) is 6.24. The Balaban J connectivity index is 2.11. The molecule has 0 radical (unpaired) electrons. The van der Waals surface area contributed by atoms with E-state index in [9.17, 15) is 10.2 Å². The van der Waals surface area contributed by atoms with Crippen LogP contribution in [0.15, 0.2) is 30.3 Å². The normalized spacial score (nSPS) is 18.3. The van der Waals surface area contributed by atoms with Crippen molar-refractivity contribution in [2.75, 3.05) is 27.9 Å². The van der Waals surface area contributed by atoms with Crippen LogP contribution in [0.3, 0.4) is 0 Å². The highest BCUT2D eigenvalue weighted by Crippen LogP contribution is 2.52. The molecule has 2 aromatic carbocycles. The zero-order valence-electron chi connectivity index (χ0n) is 15.9. The maximum atomic E-state index is 10.2. The fourth-order valence-electron chi connectivity index (χ4n) is 3.43. The summed E-state index contributed by atoms with van der Waals surface area (Å²) in [6, 6.07) is 7.27. The Labute approximate surface area is 158 Å². The van der Waals surface area contributed by atoms with E-state index in [1.807, 2.05) is 31.2 Å². The summed E-state index contributed by atoms with van der Waals surface area (Å²) in [4.78, 5) is 0. The van der Waals surface area contributed by atoms with Gasteiger partial charge < -0.3 is 29.2 Å². The number of benzene rings is 2.